The Balaban J connectivity index is 3.83. The lowest BCUT2D eigenvalue weighted by Gasteiger charge is -2.19. The first-order chi connectivity index (χ1) is 41.8. The van der Waals surface area contributed by atoms with Crippen LogP contribution in [0.15, 0.2) is 85.1 Å². The van der Waals surface area contributed by atoms with E-state index < -0.39 is 26.5 Å². The molecule has 0 heterocycles. The summed E-state index contributed by atoms with van der Waals surface area (Å²) in [5.74, 6) is -0.810. The number of phosphoric ester groups is 1. The molecular formula is C75H136NO8P. The van der Waals surface area contributed by atoms with Crippen LogP contribution in [0.5, 0.6) is 0 Å². The summed E-state index contributed by atoms with van der Waals surface area (Å²) in [4.78, 5) is 35.4. The van der Waals surface area contributed by atoms with Gasteiger partial charge >= 0.3 is 19.8 Å². The van der Waals surface area contributed by atoms with Crippen LogP contribution < -0.4 is 5.73 Å². The van der Waals surface area contributed by atoms with E-state index in [1.54, 1.807) is 0 Å². The van der Waals surface area contributed by atoms with E-state index in [9.17, 15) is 19.0 Å². The van der Waals surface area contributed by atoms with Gasteiger partial charge in [0.25, 0.3) is 0 Å². The second-order valence-electron chi connectivity index (χ2n) is 24.1. The molecule has 2 unspecified atom stereocenters. The number of unbranched alkanes of at least 4 members (excludes halogenated alkanes) is 41. The molecule has 0 rings (SSSR count). The lowest BCUT2D eigenvalue weighted by molar-refractivity contribution is -0.161. The van der Waals surface area contributed by atoms with E-state index in [1.807, 2.05) is 0 Å². The van der Waals surface area contributed by atoms with E-state index in [0.717, 1.165) is 83.5 Å². The van der Waals surface area contributed by atoms with Gasteiger partial charge in [-0.3, -0.25) is 18.6 Å². The molecule has 85 heavy (non-hydrogen) atoms. The Morgan fingerprint density at radius 2 is 0.647 bits per heavy atom. The van der Waals surface area contributed by atoms with E-state index in [4.69, 9.17) is 24.3 Å². The van der Waals surface area contributed by atoms with Crippen LogP contribution in [0.4, 0.5) is 0 Å². The third kappa shape index (κ3) is 70.2. The standard InChI is InChI=1S/C75H136NO8P/c1-3-5-7-9-11-13-15-17-19-21-23-25-27-29-30-31-32-33-34-35-36-37-38-39-40-41-42-44-46-48-50-52-54-56-58-60-62-64-66-68-75(78)84-73(72-83-85(79,80)82-70-69-76)71-81-74(77)67-65-63-61-59-57-55-53-51-49-47-45-43-28-26-24-22-20-18-16-14-12-10-8-6-4-2/h5,7,11,13,17,19,23,25,29-30,32-33,35-36,73H,3-4,6,8-10,12,14-16,18,20-22,24,26-28,31,34,37-72,76H2,1-2H3,(H,79,80)/b7-5-,13-11-,19-17-,25-23-,30-29-,33-32-,36-35-. The summed E-state index contributed by atoms with van der Waals surface area (Å²) < 4.78 is 33.2. The number of rotatable bonds is 68. The molecule has 0 aliphatic heterocycles. The summed E-state index contributed by atoms with van der Waals surface area (Å²) in [6, 6.07) is 0. The predicted octanol–water partition coefficient (Wildman–Crippen LogP) is 23.8. The average Bonchev–Trinajstić information content (AvgIpc) is 3.53. The number of carbonyl (C=O) groups excluding carboxylic acids is 2. The van der Waals surface area contributed by atoms with Crippen LogP contribution in [0, 0.1) is 0 Å². The van der Waals surface area contributed by atoms with Crippen molar-refractivity contribution in [2.45, 2.75) is 354 Å². The van der Waals surface area contributed by atoms with E-state index in [-0.39, 0.29) is 38.6 Å². The number of carbonyl (C=O) groups is 2. The Bertz CT molecular complexity index is 1670. The molecule has 2 atom stereocenters. The average molecular weight is 1210 g/mol. The van der Waals surface area contributed by atoms with Crippen molar-refractivity contribution in [1.29, 1.82) is 0 Å². The highest BCUT2D eigenvalue weighted by atomic mass is 31.2. The van der Waals surface area contributed by atoms with Crippen molar-refractivity contribution in [3.05, 3.63) is 85.1 Å². The largest absolute Gasteiger partial charge is 0.472 e. The van der Waals surface area contributed by atoms with Gasteiger partial charge in [-0.05, 0) is 70.6 Å². The van der Waals surface area contributed by atoms with Gasteiger partial charge in [0, 0.05) is 19.4 Å². The van der Waals surface area contributed by atoms with E-state index in [1.165, 1.54) is 231 Å². The first-order valence-corrected chi connectivity index (χ1v) is 37.6. The SMILES string of the molecule is CC/C=C\C/C=C\C/C=C\C/C=C\C/C=C\C/C=C\C/C=C\CCCCCCCCCCCCCCCCCCCC(=O)OC(COC(=O)CCCCCCCCCCCCCCCCCCCCCCCCCCC)COP(=O)(O)OCCN. The number of hydrogen-bond acceptors (Lipinski definition) is 8. The maximum Gasteiger partial charge on any atom is 0.472 e. The number of esters is 2. The fraction of sp³-hybridized carbons (Fsp3) is 0.787. The third-order valence-corrected chi connectivity index (χ3v) is 16.8. The second-order valence-corrected chi connectivity index (χ2v) is 25.5. The monoisotopic (exact) mass is 1210 g/mol. The van der Waals surface area contributed by atoms with Gasteiger partial charge in [0.2, 0.25) is 0 Å². The van der Waals surface area contributed by atoms with Gasteiger partial charge in [0.05, 0.1) is 13.2 Å². The molecule has 9 nitrogen and oxygen atoms in total. The number of phosphoric acid groups is 1. The minimum absolute atomic E-state index is 0.0538. The van der Waals surface area contributed by atoms with Gasteiger partial charge in [-0.2, -0.15) is 0 Å². The van der Waals surface area contributed by atoms with Gasteiger partial charge in [-0.25, -0.2) is 4.57 Å². The van der Waals surface area contributed by atoms with E-state index in [0.29, 0.717) is 6.42 Å². The fourth-order valence-electron chi connectivity index (χ4n) is 10.5. The Kier molecular flexibility index (Phi) is 68.0. The molecule has 0 aliphatic carbocycles. The van der Waals surface area contributed by atoms with Crippen LogP contribution >= 0.6 is 7.82 Å². The molecular weight excluding hydrogens is 1070 g/mol. The summed E-state index contributed by atoms with van der Waals surface area (Å²) in [5.41, 5.74) is 5.40. The van der Waals surface area contributed by atoms with Crippen LogP contribution in [-0.2, 0) is 32.7 Å². The van der Waals surface area contributed by atoms with Gasteiger partial charge in [-0.15, -0.1) is 0 Å². The minimum Gasteiger partial charge on any atom is -0.462 e. The summed E-state index contributed by atoms with van der Waals surface area (Å²) in [6.07, 6.45) is 94.0. The van der Waals surface area contributed by atoms with Crippen molar-refractivity contribution in [2.24, 2.45) is 5.73 Å². The second kappa shape index (κ2) is 70.3. The molecule has 0 aliphatic rings. The van der Waals surface area contributed by atoms with Crippen LogP contribution in [0.25, 0.3) is 0 Å². The number of ether oxygens (including phenoxy) is 2. The Labute approximate surface area is 525 Å². The Morgan fingerprint density at radius 3 is 0.965 bits per heavy atom. The van der Waals surface area contributed by atoms with Crippen molar-refractivity contribution in [1.82, 2.24) is 0 Å². The number of hydrogen-bond donors (Lipinski definition) is 2. The lowest BCUT2D eigenvalue weighted by atomic mass is 10.0. The Hall–Kier alpha value is -2.81. The van der Waals surface area contributed by atoms with Crippen molar-refractivity contribution in [3.63, 3.8) is 0 Å². The zero-order chi connectivity index (χ0) is 61.6. The molecule has 0 saturated heterocycles. The highest BCUT2D eigenvalue weighted by molar-refractivity contribution is 7.47. The van der Waals surface area contributed by atoms with E-state index in [2.05, 4.69) is 98.9 Å². The Morgan fingerprint density at radius 1 is 0.365 bits per heavy atom. The highest BCUT2D eigenvalue weighted by Gasteiger charge is 2.26. The van der Waals surface area contributed by atoms with Gasteiger partial charge in [0.15, 0.2) is 6.10 Å². The van der Waals surface area contributed by atoms with E-state index >= 15 is 0 Å². The first-order valence-electron chi connectivity index (χ1n) is 36.1. The molecule has 0 aromatic heterocycles. The minimum atomic E-state index is -4.39. The number of nitrogens with two attached hydrogens (primary N) is 1. The molecule has 3 N–H and O–H groups in total. The summed E-state index contributed by atoms with van der Waals surface area (Å²) in [6.45, 7) is 3.69. The molecule has 0 saturated carbocycles. The van der Waals surface area contributed by atoms with Gasteiger partial charge in [0.1, 0.15) is 6.61 Å². The van der Waals surface area contributed by atoms with Crippen molar-refractivity contribution in [2.75, 3.05) is 26.4 Å². The fourth-order valence-corrected chi connectivity index (χ4v) is 11.3. The molecule has 0 aromatic carbocycles. The van der Waals surface area contributed by atoms with Crippen molar-refractivity contribution >= 4 is 19.8 Å². The van der Waals surface area contributed by atoms with Crippen molar-refractivity contribution in [3.8, 4) is 0 Å². The molecule has 0 fully saturated rings. The number of allylic oxidation sites excluding steroid dienone is 14. The van der Waals surface area contributed by atoms with Crippen LogP contribution in [0.1, 0.15) is 348 Å². The summed E-state index contributed by atoms with van der Waals surface area (Å²) in [5, 5.41) is 0. The molecule has 0 spiro atoms. The maximum absolute atomic E-state index is 12.8. The van der Waals surface area contributed by atoms with Gasteiger partial charge < -0.3 is 20.1 Å². The van der Waals surface area contributed by atoms with Crippen molar-refractivity contribution < 1.29 is 37.6 Å². The first kappa shape index (κ1) is 82.2. The summed E-state index contributed by atoms with van der Waals surface area (Å²) >= 11 is 0. The predicted molar refractivity (Wildman–Crippen MR) is 367 cm³/mol. The molecule has 494 valence electrons. The molecule has 0 radical (unpaired) electrons. The normalized spacial score (nSPS) is 13.4. The molecule has 0 aromatic rings. The summed E-state index contributed by atoms with van der Waals surface area (Å²) in [7, 11) is -4.39. The highest BCUT2D eigenvalue weighted by Crippen LogP contribution is 2.43. The smallest absolute Gasteiger partial charge is 0.462 e. The lowest BCUT2D eigenvalue weighted by Crippen LogP contribution is -2.29. The zero-order valence-electron chi connectivity index (χ0n) is 55.6. The maximum atomic E-state index is 12.8. The zero-order valence-corrected chi connectivity index (χ0v) is 56.5. The topological polar surface area (TPSA) is 134 Å². The molecule has 0 amide bonds. The van der Waals surface area contributed by atoms with Gasteiger partial charge in [-0.1, -0.05) is 349 Å². The third-order valence-electron chi connectivity index (χ3n) is 15.8. The van der Waals surface area contributed by atoms with Crippen LogP contribution in [0.2, 0.25) is 0 Å². The molecule has 0 bridgehead atoms. The van der Waals surface area contributed by atoms with Crippen LogP contribution in [0.3, 0.4) is 0 Å². The van der Waals surface area contributed by atoms with Crippen LogP contribution in [-0.4, -0.2) is 49.3 Å². The quantitative estimate of drug-likeness (QED) is 0.0264. The molecule has 10 heteroatoms.